The molecule has 0 aromatic heterocycles. The topological polar surface area (TPSA) is 108 Å². The van der Waals surface area contributed by atoms with Crippen molar-refractivity contribution in [3.05, 3.63) is 109 Å². The number of unbranched alkanes of at least 4 members (excludes halogenated alkanes) is 19. The second kappa shape index (κ2) is 49.2. The van der Waals surface area contributed by atoms with Crippen molar-refractivity contribution in [1.82, 2.24) is 5.32 Å². The van der Waals surface area contributed by atoms with Crippen molar-refractivity contribution in [2.75, 3.05) is 40.9 Å². The van der Waals surface area contributed by atoms with Crippen LogP contribution in [0.1, 0.15) is 206 Å². The average molecular weight is 967 g/mol. The summed E-state index contributed by atoms with van der Waals surface area (Å²) in [6.45, 7) is 4.49. The van der Waals surface area contributed by atoms with Gasteiger partial charge < -0.3 is 28.8 Å². The predicted molar refractivity (Wildman–Crippen MR) is 292 cm³/mol. The molecule has 0 aliphatic rings. The highest BCUT2D eigenvalue weighted by atomic mass is 31.2. The number of nitrogens with zero attached hydrogens (tertiary/aromatic N) is 1. The summed E-state index contributed by atoms with van der Waals surface area (Å²) in [5.74, 6) is -0.230. The number of carbonyl (C=O) groups is 1. The van der Waals surface area contributed by atoms with Crippen molar-refractivity contribution in [3.8, 4) is 0 Å². The highest BCUT2D eigenvalue weighted by Gasteiger charge is 2.23. The summed E-state index contributed by atoms with van der Waals surface area (Å²) in [5, 5.41) is 13.8. The lowest BCUT2D eigenvalue weighted by atomic mass is 10.0. The van der Waals surface area contributed by atoms with Gasteiger partial charge in [-0.25, -0.2) is 0 Å². The summed E-state index contributed by atoms with van der Waals surface area (Å²) < 4.78 is 23.3. The smallest absolute Gasteiger partial charge is 0.268 e. The zero-order valence-electron chi connectivity index (χ0n) is 44.3. The van der Waals surface area contributed by atoms with Crippen LogP contribution in [-0.2, 0) is 18.4 Å². The molecule has 0 spiro atoms. The molecular formula is C59H103N2O6P. The number of phosphoric ester groups is 1. The number of hydrogen-bond donors (Lipinski definition) is 2. The molecule has 0 bridgehead atoms. The number of likely N-dealkylation sites (N-methyl/N-ethyl adjacent to an activating group) is 1. The molecule has 8 nitrogen and oxygen atoms in total. The molecule has 0 heterocycles. The van der Waals surface area contributed by atoms with Crippen molar-refractivity contribution >= 4 is 13.7 Å². The largest absolute Gasteiger partial charge is 0.756 e. The summed E-state index contributed by atoms with van der Waals surface area (Å²) in [7, 11) is 1.21. The molecule has 0 aromatic rings. The van der Waals surface area contributed by atoms with Crippen LogP contribution in [0.4, 0.5) is 0 Å². The van der Waals surface area contributed by atoms with E-state index in [0.717, 1.165) is 103 Å². The maximum absolute atomic E-state index is 12.9. The zero-order chi connectivity index (χ0) is 49.9. The number of hydrogen-bond acceptors (Lipinski definition) is 6. The lowest BCUT2D eigenvalue weighted by molar-refractivity contribution is -0.870. The number of quaternary nitrogens is 1. The molecule has 1 amide bonds. The Kier molecular flexibility index (Phi) is 47.1. The first-order valence-corrected chi connectivity index (χ1v) is 28.7. The van der Waals surface area contributed by atoms with E-state index in [9.17, 15) is 19.4 Å². The molecule has 0 aromatic carbocycles. The van der Waals surface area contributed by atoms with Crippen LogP contribution in [0.3, 0.4) is 0 Å². The summed E-state index contributed by atoms with van der Waals surface area (Å²) in [6, 6.07) is -0.922. The summed E-state index contributed by atoms with van der Waals surface area (Å²) in [6.07, 6.45) is 71.5. The third kappa shape index (κ3) is 51.0. The normalized spacial score (nSPS) is 14.9. The predicted octanol–water partition coefficient (Wildman–Crippen LogP) is 15.8. The van der Waals surface area contributed by atoms with Gasteiger partial charge in [0.2, 0.25) is 5.91 Å². The Labute approximate surface area is 419 Å². The van der Waals surface area contributed by atoms with Gasteiger partial charge in [-0.1, -0.05) is 220 Å². The summed E-state index contributed by atoms with van der Waals surface area (Å²) in [4.78, 5) is 25.5. The number of aliphatic hydroxyl groups is 1. The van der Waals surface area contributed by atoms with Gasteiger partial charge in [0.25, 0.3) is 7.82 Å². The number of allylic oxidation sites excluding steroid dienone is 17. The molecule has 0 radical (unpaired) electrons. The van der Waals surface area contributed by atoms with Crippen molar-refractivity contribution in [2.45, 2.75) is 219 Å². The molecule has 0 saturated heterocycles. The van der Waals surface area contributed by atoms with E-state index in [2.05, 4.69) is 116 Å². The van der Waals surface area contributed by atoms with Crippen LogP contribution in [0.25, 0.3) is 0 Å². The van der Waals surface area contributed by atoms with Crippen molar-refractivity contribution in [3.63, 3.8) is 0 Å². The molecule has 68 heavy (non-hydrogen) atoms. The Hall–Kier alpha value is -2.84. The molecule has 390 valence electrons. The first-order valence-electron chi connectivity index (χ1n) is 27.2. The standard InChI is InChI=1S/C59H103N2O6P/c1-6-8-10-12-14-16-18-20-22-24-26-27-28-29-30-31-32-33-35-37-39-41-43-45-47-49-51-53-59(63)60-57(56-67-68(64,65)66-55-54-61(3,4)5)58(62)52-50-48-46-44-42-40-38-36-34-25-23-21-19-17-15-13-11-9-7-2/h8,10,14,16,20,22,26-27,29-30,32-33,37,39,42,44,50,52,57-58,62H,6-7,9,11-13,15,17-19,21,23-25,28,31,34-36,38,40-41,43,45-49,51,53-56H2,1-5H3,(H-,60,63,64,65)/b10-8-,16-14-,22-20-,27-26-,30-29-,33-32-,39-37-,44-42+,52-50+. The van der Waals surface area contributed by atoms with Crippen LogP contribution >= 0.6 is 7.82 Å². The molecule has 2 N–H and O–H groups in total. The fourth-order valence-corrected chi connectivity index (χ4v) is 7.93. The van der Waals surface area contributed by atoms with E-state index in [4.69, 9.17) is 9.05 Å². The Bertz CT molecular complexity index is 1470. The number of amides is 1. The maximum atomic E-state index is 12.9. The molecule has 3 unspecified atom stereocenters. The van der Waals surface area contributed by atoms with Crippen LogP contribution in [0.2, 0.25) is 0 Å². The average Bonchev–Trinajstić information content (AvgIpc) is 3.30. The van der Waals surface area contributed by atoms with E-state index in [-0.39, 0.29) is 12.5 Å². The van der Waals surface area contributed by atoms with Gasteiger partial charge in [-0.15, -0.1) is 0 Å². The van der Waals surface area contributed by atoms with E-state index in [1.54, 1.807) is 6.08 Å². The van der Waals surface area contributed by atoms with Gasteiger partial charge in [0.15, 0.2) is 0 Å². The van der Waals surface area contributed by atoms with Gasteiger partial charge in [-0.05, 0) is 89.9 Å². The van der Waals surface area contributed by atoms with Crippen molar-refractivity contribution in [2.24, 2.45) is 0 Å². The summed E-state index contributed by atoms with van der Waals surface area (Å²) in [5.41, 5.74) is 0. The van der Waals surface area contributed by atoms with E-state index < -0.39 is 26.6 Å². The minimum atomic E-state index is -4.62. The first kappa shape index (κ1) is 65.2. The third-order valence-corrected chi connectivity index (χ3v) is 12.4. The zero-order valence-corrected chi connectivity index (χ0v) is 45.2. The van der Waals surface area contributed by atoms with Crippen LogP contribution in [0.5, 0.6) is 0 Å². The Morgan fingerprint density at radius 1 is 0.529 bits per heavy atom. The van der Waals surface area contributed by atoms with Gasteiger partial charge in [-0.3, -0.25) is 9.36 Å². The lowest BCUT2D eigenvalue weighted by Crippen LogP contribution is -2.45. The van der Waals surface area contributed by atoms with Gasteiger partial charge in [0.05, 0.1) is 39.9 Å². The Morgan fingerprint density at radius 2 is 0.912 bits per heavy atom. The first-order chi connectivity index (χ1) is 33.0. The maximum Gasteiger partial charge on any atom is 0.268 e. The van der Waals surface area contributed by atoms with E-state index in [1.165, 1.54) is 83.5 Å². The second-order valence-corrected chi connectivity index (χ2v) is 20.6. The van der Waals surface area contributed by atoms with Gasteiger partial charge in [0.1, 0.15) is 13.2 Å². The molecule has 9 heteroatoms. The number of nitrogens with one attached hydrogen (secondary N) is 1. The monoisotopic (exact) mass is 967 g/mol. The van der Waals surface area contributed by atoms with Gasteiger partial charge >= 0.3 is 0 Å². The van der Waals surface area contributed by atoms with Gasteiger partial charge in [-0.2, -0.15) is 0 Å². The molecule has 0 rings (SSSR count). The van der Waals surface area contributed by atoms with Crippen LogP contribution in [0, 0.1) is 0 Å². The van der Waals surface area contributed by atoms with Crippen molar-refractivity contribution in [1.29, 1.82) is 0 Å². The molecule has 0 aliphatic carbocycles. The number of phosphoric acid groups is 1. The van der Waals surface area contributed by atoms with Crippen LogP contribution in [0.15, 0.2) is 109 Å². The highest BCUT2D eigenvalue weighted by molar-refractivity contribution is 7.45. The molecule has 0 aliphatic heterocycles. The van der Waals surface area contributed by atoms with E-state index >= 15 is 0 Å². The van der Waals surface area contributed by atoms with Crippen LogP contribution < -0.4 is 10.2 Å². The highest BCUT2D eigenvalue weighted by Crippen LogP contribution is 2.38. The van der Waals surface area contributed by atoms with E-state index in [1.807, 2.05) is 27.2 Å². The number of rotatable bonds is 48. The SMILES string of the molecule is CC/C=C\C/C=C\C/C=C\C/C=C\C/C=C\C/C=C\C/C=C\CCCCCCCC(=O)NC(COP(=O)([O-])OCC[N+](C)(C)C)C(O)/C=C/CC/C=C/CCCCCCCCCCCCCCC. The number of carbonyl (C=O) groups excluding carboxylic acids is 1. The quantitative estimate of drug-likeness (QED) is 0.0272. The minimum Gasteiger partial charge on any atom is -0.756 e. The summed E-state index contributed by atoms with van der Waals surface area (Å²) >= 11 is 0. The number of aliphatic hydroxyl groups excluding tert-OH is 1. The van der Waals surface area contributed by atoms with Crippen molar-refractivity contribution < 1.29 is 32.9 Å². The second-order valence-electron chi connectivity index (χ2n) is 19.2. The Balaban J connectivity index is 4.39. The Morgan fingerprint density at radius 3 is 1.37 bits per heavy atom. The molecule has 0 saturated carbocycles. The lowest BCUT2D eigenvalue weighted by Gasteiger charge is -2.29. The third-order valence-electron chi connectivity index (χ3n) is 11.5. The molecule has 0 fully saturated rings. The van der Waals surface area contributed by atoms with Crippen LogP contribution in [-0.4, -0.2) is 68.5 Å². The minimum absolute atomic E-state index is 0.0166. The van der Waals surface area contributed by atoms with E-state index in [0.29, 0.717) is 17.4 Å². The molecule has 3 atom stereocenters. The molecular weight excluding hydrogens is 864 g/mol. The fraction of sp³-hybridized carbons (Fsp3) is 0.678. The fourth-order valence-electron chi connectivity index (χ4n) is 7.21. The van der Waals surface area contributed by atoms with Gasteiger partial charge in [0, 0.05) is 6.42 Å².